The molecule has 3 N–H and O–H groups in total. The molecule has 0 aromatic heterocycles. The molecule has 1 fully saturated rings. The van der Waals surface area contributed by atoms with Crippen LogP contribution in [-0.4, -0.2) is 19.6 Å². The van der Waals surface area contributed by atoms with Gasteiger partial charge in [0.15, 0.2) is 0 Å². The molecule has 0 aliphatic carbocycles. The maximum atomic E-state index is 5.50. The predicted octanol–water partition coefficient (Wildman–Crippen LogP) is 0.581. The normalized spacial score (nSPS) is 34.2. The minimum Gasteiger partial charge on any atom is -0.330 e. The second-order valence-corrected chi connectivity index (χ2v) is 3.31. The molecule has 2 unspecified atom stereocenters. The summed E-state index contributed by atoms with van der Waals surface area (Å²) in [7, 11) is 0. The Morgan fingerprint density at radius 1 is 1.60 bits per heavy atom. The lowest BCUT2D eigenvalue weighted by Gasteiger charge is -2.28. The van der Waals surface area contributed by atoms with Gasteiger partial charge in [-0.25, -0.2) is 0 Å². The van der Waals surface area contributed by atoms with Crippen molar-refractivity contribution in [1.29, 1.82) is 0 Å². The van der Waals surface area contributed by atoms with Crippen molar-refractivity contribution in [2.24, 2.45) is 17.6 Å². The average molecular weight is 142 g/mol. The molecule has 1 saturated heterocycles. The summed E-state index contributed by atoms with van der Waals surface area (Å²) in [4.78, 5) is 0. The third kappa shape index (κ3) is 1.96. The summed E-state index contributed by atoms with van der Waals surface area (Å²) in [6, 6.07) is 0. The van der Waals surface area contributed by atoms with Crippen LogP contribution in [0.4, 0.5) is 0 Å². The van der Waals surface area contributed by atoms with Gasteiger partial charge in [-0.2, -0.15) is 0 Å². The molecular weight excluding hydrogens is 124 g/mol. The van der Waals surface area contributed by atoms with Gasteiger partial charge in [0, 0.05) is 0 Å². The molecule has 1 heterocycles. The maximum Gasteiger partial charge on any atom is -0.00205 e. The smallest absolute Gasteiger partial charge is 0.00205 e. The minimum atomic E-state index is 0.831. The van der Waals surface area contributed by atoms with Crippen LogP contribution in [0.1, 0.15) is 19.8 Å². The molecule has 0 spiro atoms. The van der Waals surface area contributed by atoms with Crippen LogP contribution >= 0.6 is 0 Å². The summed E-state index contributed by atoms with van der Waals surface area (Å²) < 4.78 is 0. The Hall–Kier alpha value is -0.0800. The molecule has 0 saturated carbocycles. The minimum absolute atomic E-state index is 0.831. The molecule has 2 heteroatoms. The Morgan fingerprint density at radius 3 is 3.00 bits per heavy atom. The van der Waals surface area contributed by atoms with E-state index in [2.05, 4.69) is 12.2 Å². The summed E-state index contributed by atoms with van der Waals surface area (Å²) in [5.41, 5.74) is 5.50. The van der Waals surface area contributed by atoms with Crippen molar-refractivity contribution in [1.82, 2.24) is 5.32 Å². The van der Waals surface area contributed by atoms with E-state index in [0.29, 0.717) is 0 Å². The Kier molecular flexibility index (Phi) is 3.16. The lowest BCUT2D eigenvalue weighted by Crippen LogP contribution is -2.35. The van der Waals surface area contributed by atoms with Gasteiger partial charge in [0.25, 0.3) is 0 Å². The average Bonchev–Trinajstić information content (AvgIpc) is 1.94. The number of nitrogens with one attached hydrogen (secondary N) is 1. The maximum absolute atomic E-state index is 5.50. The van der Waals surface area contributed by atoms with Crippen LogP contribution in [0, 0.1) is 11.8 Å². The summed E-state index contributed by atoms with van der Waals surface area (Å²) in [6.45, 7) is 5.54. The lowest BCUT2D eigenvalue weighted by atomic mass is 9.85. The standard InChI is InChI=1S/C8H18N2/c1-7-6-10-5-3-8(7)2-4-9/h7-8,10H,2-6,9H2,1H3. The monoisotopic (exact) mass is 142 g/mol. The Balaban J connectivity index is 2.25. The zero-order chi connectivity index (χ0) is 7.40. The third-order valence-corrected chi connectivity index (χ3v) is 2.50. The molecule has 1 rings (SSSR count). The van der Waals surface area contributed by atoms with Gasteiger partial charge in [0.1, 0.15) is 0 Å². The van der Waals surface area contributed by atoms with Gasteiger partial charge >= 0.3 is 0 Å². The Labute approximate surface area is 63.2 Å². The molecule has 10 heavy (non-hydrogen) atoms. The zero-order valence-corrected chi connectivity index (χ0v) is 6.77. The van der Waals surface area contributed by atoms with E-state index in [1.807, 2.05) is 0 Å². The SMILES string of the molecule is CC1CNCCC1CCN. The number of rotatable bonds is 2. The van der Waals surface area contributed by atoms with Crippen LogP contribution in [0.2, 0.25) is 0 Å². The zero-order valence-electron chi connectivity index (χ0n) is 6.77. The van der Waals surface area contributed by atoms with Crippen molar-refractivity contribution in [3.05, 3.63) is 0 Å². The van der Waals surface area contributed by atoms with E-state index < -0.39 is 0 Å². The van der Waals surface area contributed by atoms with Crippen LogP contribution in [0.25, 0.3) is 0 Å². The van der Waals surface area contributed by atoms with Crippen molar-refractivity contribution in [2.45, 2.75) is 19.8 Å². The van der Waals surface area contributed by atoms with Gasteiger partial charge in [-0.15, -0.1) is 0 Å². The van der Waals surface area contributed by atoms with Crippen LogP contribution in [0.15, 0.2) is 0 Å². The topological polar surface area (TPSA) is 38.0 Å². The van der Waals surface area contributed by atoms with Crippen molar-refractivity contribution < 1.29 is 0 Å². The van der Waals surface area contributed by atoms with Gasteiger partial charge in [-0.1, -0.05) is 6.92 Å². The highest BCUT2D eigenvalue weighted by atomic mass is 14.9. The second kappa shape index (κ2) is 3.94. The van der Waals surface area contributed by atoms with E-state index in [4.69, 9.17) is 5.73 Å². The number of hydrogen-bond acceptors (Lipinski definition) is 2. The van der Waals surface area contributed by atoms with Crippen molar-refractivity contribution >= 4 is 0 Å². The van der Waals surface area contributed by atoms with E-state index in [0.717, 1.165) is 18.4 Å². The summed E-state index contributed by atoms with van der Waals surface area (Å²) >= 11 is 0. The quantitative estimate of drug-likeness (QED) is 0.592. The van der Waals surface area contributed by atoms with Crippen molar-refractivity contribution in [3.8, 4) is 0 Å². The number of piperidine rings is 1. The fourth-order valence-electron chi connectivity index (χ4n) is 1.71. The van der Waals surface area contributed by atoms with E-state index in [-0.39, 0.29) is 0 Å². The van der Waals surface area contributed by atoms with E-state index >= 15 is 0 Å². The van der Waals surface area contributed by atoms with Gasteiger partial charge in [-0.3, -0.25) is 0 Å². The van der Waals surface area contributed by atoms with Gasteiger partial charge in [0.05, 0.1) is 0 Å². The van der Waals surface area contributed by atoms with Crippen LogP contribution in [0.3, 0.4) is 0 Å². The number of hydrogen-bond donors (Lipinski definition) is 2. The first-order chi connectivity index (χ1) is 4.84. The van der Waals surface area contributed by atoms with Crippen molar-refractivity contribution in [2.75, 3.05) is 19.6 Å². The molecule has 2 nitrogen and oxygen atoms in total. The van der Waals surface area contributed by atoms with E-state index in [9.17, 15) is 0 Å². The second-order valence-electron chi connectivity index (χ2n) is 3.31. The summed E-state index contributed by atoms with van der Waals surface area (Å²) in [5, 5.41) is 3.38. The summed E-state index contributed by atoms with van der Waals surface area (Å²) in [6.07, 6.45) is 2.53. The molecule has 1 aliphatic heterocycles. The molecule has 2 atom stereocenters. The first-order valence-corrected chi connectivity index (χ1v) is 4.25. The van der Waals surface area contributed by atoms with Gasteiger partial charge in [0.2, 0.25) is 0 Å². The van der Waals surface area contributed by atoms with Gasteiger partial charge in [-0.05, 0) is 44.3 Å². The largest absolute Gasteiger partial charge is 0.330 e. The highest BCUT2D eigenvalue weighted by molar-refractivity contribution is 4.74. The number of nitrogens with two attached hydrogens (primary N) is 1. The highest BCUT2D eigenvalue weighted by Gasteiger charge is 2.19. The molecule has 0 amide bonds. The fraction of sp³-hybridized carbons (Fsp3) is 1.00. The van der Waals surface area contributed by atoms with Crippen LogP contribution in [-0.2, 0) is 0 Å². The van der Waals surface area contributed by atoms with E-state index in [1.54, 1.807) is 0 Å². The predicted molar refractivity (Wildman–Crippen MR) is 43.8 cm³/mol. The Morgan fingerprint density at radius 2 is 2.40 bits per heavy atom. The molecule has 60 valence electrons. The lowest BCUT2D eigenvalue weighted by molar-refractivity contribution is 0.262. The molecule has 0 bridgehead atoms. The molecule has 0 aromatic rings. The van der Waals surface area contributed by atoms with E-state index in [1.165, 1.54) is 25.9 Å². The van der Waals surface area contributed by atoms with Crippen molar-refractivity contribution in [3.63, 3.8) is 0 Å². The summed E-state index contributed by atoms with van der Waals surface area (Å²) in [5.74, 6) is 1.71. The van der Waals surface area contributed by atoms with Crippen LogP contribution < -0.4 is 11.1 Å². The molecule has 1 aliphatic rings. The molecule has 0 aromatic carbocycles. The fourth-order valence-corrected chi connectivity index (χ4v) is 1.71. The van der Waals surface area contributed by atoms with Gasteiger partial charge < -0.3 is 11.1 Å². The molecular formula is C8H18N2. The molecule has 0 radical (unpaired) electrons. The first-order valence-electron chi connectivity index (χ1n) is 4.25. The van der Waals surface area contributed by atoms with Crippen LogP contribution in [0.5, 0.6) is 0 Å². The highest BCUT2D eigenvalue weighted by Crippen LogP contribution is 2.20. The third-order valence-electron chi connectivity index (χ3n) is 2.50. The Bertz CT molecular complexity index is 91.3. The first kappa shape index (κ1) is 8.02.